The third-order valence-corrected chi connectivity index (χ3v) is 4.22. The van der Waals surface area contributed by atoms with Crippen molar-refractivity contribution in [3.63, 3.8) is 0 Å². The molecule has 6 heteroatoms. The zero-order valence-corrected chi connectivity index (χ0v) is 13.9. The molecule has 2 aromatic rings. The lowest BCUT2D eigenvalue weighted by Crippen LogP contribution is -2.40. The number of rotatable bonds is 4. The van der Waals surface area contributed by atoms with Crippen LogP contribution in [0.4, 0.5) is 10.6 Å². The number of amides is 2. The maximum atomic E-state index is 12.2. The molecule has 1 aliphatic carbocycles. The second-order valence-electron chi connectivity index (χ2n) is 6.16. The number of pyridine rings is 1. The molecule has 0 aliphatic heterocycles. The van der Waals surface area contributed by atoms with Crippen molar-refractivity contribution in [2.75, 3.05) is 19.0 Å². The predicted molar refractivity (Wildman–Crippen MR) is 92.8 cm³/mol. The molecule has 0 fully saturated rings. The lowest BCUT2D eigenvalue weighted by Gasteiger charge is -2.19. The molecule has 1 heterocycles. The number of carbonyl (C=O) groups is 1. The first-order valence-corrected chi connectivity index (χ1v) is 7.97. The second kappa shape index (κ2) is 6.88. The summed E-state index contributed by atoms with van der Waals surface area (Å²) in [6, 6.07) is 10.9. The Labute approximate surface area is 141 Å². The van der Waals surface area contributed by atoms with E-state index in [0.717, 1.165) is 22.5 Å². The Morgan fingerprint density at radius 2 is 2.08 bits per heavy atom. The molecule has 0 saturated carbocycles. The Hall–Kier alpha value is -2.60. The van der Waals surface area contributed by atoms with Gasteiger partial charge in [-0.3, -0.25) is 0 Å². The van der Waals surface area contributed by atoms with Crippen LogP contribution in [0.15, 0.2) is 42.6 Å². The predicted octanol–water partition coefficient (Wildman–Crippen LogP) is 1.61. The molecule has 0 unspecified atom stereocenters. The van der Waals surface area contributed by atoms with Crippen LogP contribution in [0.1, 0.15) is 22.7 Å². The van der Waals surface area contributed by atoms with Gasteiger partial charge >= 0.3 is 6.03 Å². The monoisotopic (exact) mass is 326 g/mol. The Morgan fingerprint density at radius 1 is 1.29 bits per heavy atom. The van der Waals surface area contributed by atoms with Crippen LogP contribution in [0, 0.1) is 0 Å². The molecular weight excluding hydrogens is 304 g/mol. The third-order valence-electron chi connectivity index (χ3n) is 4.22. The van der Waals surface area contributed by atoms with Crippen molar-refractivity contribution in [3.8, 4) is 0 Å². The van der Waals surface area contributed by atoms with Gasteiger partial charge in [-0.2, -0.15) is 0 Å². The van der Waals surface area contributed by atoms with Gasteiger partial charge in [0, 0.05) is 38.8 Å². The number of nitrogens with one attached hydrogen (secondary N) is 2. The van der Waals surface area contributed by atoms with E-state index in [2.05, 4.69) is 15.6 Å². The van der Waals surface area contributed by atoms with Crippen molar-refractivity contribution in [2.45, 2.75) is 25.1 Å². The summed E-state index contributed by atoms with van der Waals surface area (Å²) in [7, 11) is 3.83. The fraction of sp³-hybridized carbons (Fsp3) is 0.333. The van der Waals surface area contributed by atoms with E-state index in [9.17, 15) is 9.90 Å². The van der Waals surface area contributed by atoms with Crippen molar-refractivity contribution in [2.24, 2.45) is 0 Å². The first kappa shape index (κ1) is 16.3. The van der Waals surface area contributed by atoms with E-state index in [1.165, 1.54) is 0 Å². The molecule has 2 amide bonds. The van der Waals surface area contributed by atoms with Gasteiger partial charge in [0.2, 0.25) is 0 Å². The van der Waals surface area contributed by atoms with Gasteiger partial charge in [-0.05, 0) is 17.2 Å². The highest BCUT2D eigenvalue weighted by molar-refractivity contribution is 5.75. The van der Waals surface area contributed by atoms with Crippen molar-refractivity contribution < 1.29 is 9.90 Å². The van der Waals surface area contributed by atoms with Crippen LogP contribution in [0.2, 0.25) is 0 Å². The van der Waals surface area contributed by atoms with E-state index < -0.39 is 6.10 Å². The van der Waals surface area contributed by atoms with E-state index in [0.29, 0.717) is 13.0 Å². The molecule has 1 aromatic carbocycles. The maximum absolute atomic E-state index is 12.2. The van der Waals surface area contributed by atoms with Crippen molar-refractivity contribution in [1.82, 2.24) is 15.6 Å². The van der Waals surface area contributed by atoms with E-state index in [1.807, 2.05) is 55.4 Å². The largest absolute Gasteiger partial charge is 0.390 e. The molecular formula is C18H22N4O2. The highest BCUT2D eigenvalue weighted by atomic mass is 16.3. The van der Waals surface area contributed by atoms with E-state index >= 15 is 0 Å². The number of hydrogen-bond donors (Lipinski definition) is 3. The van der Waals surface area contributed by atoms with E-state index in [1.54, 1.807) is 6.20 Å². The number of nitrogens with zero attached hydrogens (tertiary/aromatic N) is 2. The smallest absolute Gasteiger partial charge is 0.315 e. The zero-order chi connectivity index (χ0) is 17.1. The average molecular weight is 326 g/mol. The van der Waals surface area contributed by atoms with E-state index in [-0.39, 0.29) is 12.1 Å². The van der Waals surface area contributed by atoms with Gasteiger partial charge in [0.15, 0.2) is 0 Å². The summed E-state index contributed by atoms with van der Waals surface area (Å²) in [4.78, 5) is 18.5. The first-order valence-electron chi connectivity index (χ1n) is 7.97. The topological polar surface area (TPSA) is 77.5 Å². The SMILES string of the molecule is CN(C)c1ncccc1CNC(=O)N[C@@H]1c2ccccc2C[C@@H]1O. The van der Waals surface area contributed by atoms with Gasteiger partial charge < -0.3 is 20.6 Å². The van der Waals surface area contributed by atoms with Gasteiger partial charge in [-0.25, -0.2) is 9.78 Å². The van der Waals surface area contributed by atoms with Crippen LogP contribution < -0.4 is 15.5 Å². The van der Waals surface area contributed by atoms with Crippen LogP contribution in [-0.2, 0) is 13.0 Å². The summed E-state index contributed by atoms with van der Waals surface area (Å²) in [5.41, 5.74) is 3.00. The molecule has 3 N–H and O–H groups in total. The van der Waals surface area contributed by atoms with Crippen molar-refractivity contribution in [1.29, 1.82) is 0 Å². The molecule has 0 spiro atoms. The summed E-state index contributed by atoms with van der Waals surface area (Å²) < 4.78 is 0. The summed E-state index contributed by atoms with van der Waals surface area (Å²) in [5.74, 6) is 0.823. The molecule has 0 saturated heterocycles. The minimum Gasteiger partial charge on any atom is -0.390 e. The van der Waals surface area contributed by atoms with Crippen LogP contribution in [0.3, 0.4) is 0 Å². The van der Waals surface area contributed by atoms with Gasteiger partial charge in [0.05, 0.1) is 12.1 Å². The molecule has 24 heavy (non-hydrogen) atoms. The lowest BCUT2D eigenvalue weighted by molar-refractivity contribution is 0.142. The van der Waals surface area contributed by atoms with Crippen LogP contribution in [0.25, 0.3) is 0 Å². The zero-order valence-electron chi connectivity index (χ0n) is 13.9. The molecule has 2 atom stereocenters. The van der Waals surface area contributed by atoms with Crippen LogP contribution in [0.5, 0.6) is 0 Å². The Morgan fingerprint density at radius 3 is 2.88 bits per heavy atom. The molecule has 126 valence electrons. The van der Waals surface area contributed by atoms with Gasteiger partial charge in [0.1, 0.15) is 5.82 Å². The van der Waals surface area contributed by atoms with Crippen molar-refractivity contribution >= 4 is 11.8 Å². The molecule has 0 radical (unpaired) electrons. The van der Waals surface area contributed by atoms with Crippen molar-refractivity contribution in [3.05, 3.63) is 59.3 Å². The number of anilines is 1. The number of aliphatic hydroxyl groups is 1. The summed E-state index contributed by atoms with van der Waals surface area (Å²) in [6.07, 6.45) is 1.70. The summed E-state index contributed by atoms with van der Waals surface area (Å²) in [6.45, 7) is 0.373. The van der Waals surface area contributed by atoms with Gasteiger partial charge in [-0.1, -0.05) is 30.3 Å². The number of hydrogen-bond acceptors (Lipinski definition) is 4. The normalized spacial score (nSPS) is 18.8. The first-order chi connectivity index (χ1) is 11.6. The fourth-order valence-electron chi connectivity index (χ4n) is 3.09. The number of carbonyl (C=O) groups excluding carboxylic acids is 1. The van der Waals surface area contributed by atoms with Crippen LogP contribution >= 0.6 is 0 Å². The molecule has 0 bridgehead atoms. The minimum absolute atomic E-state index is 0.302. The van der Waals surface area contributed by atoms with Gasteiger partial charge in [0.25, 0.3) is 0 Å². The fourth-order valence-corrected chi connectivity index (χ4v) is 3.09. The Balaban J connectivity index is 1.63. The quantitative estimate of drug-likeness (QED) is 0.798. The molecule has 1 aromatic heterocycles. The number of urea groups is 1. The Bertz CT molecular complexity index is 732. The number of aliphatic hydroxyl groups excluding tert-OH is 1. The summed E-state index contributed by atoms with van der Waals surface area (Å²) >= 11 is 0. The maximum Gasteiger partial charge on any atom is 0.315 e. The average Bonchev–Trinajstić information content (AvgIpc) is 2.89. The number of benzene rings is 1. The molecule has 3 rings (SSSR count). The standard InChI is InChI=1S/C18H22N4O2/c1-22(2)17-13(7-5-9-19-17)11-20-18(24)21-16-14-8-4-3-6-12(14)10-15(16)23/h3-9,15-16,23H,10-11H2,1-2H3,(H2,20,21,24)/t15-,16+/m0/s1. The lowest BCUT2D eigenvalue weighted by atomic mass is 10.1. The van der Waals surface area contributed by atoms with Crippen LogP contribution in [-0.4, -0.2) is 36.3 Å². The highest BCUT2D eigenvalue weighted by Crippen LogP contribution is 2.31. The Kier molecular flexibility index (Phi) is 4.66. The number of fused-ring (bicyclic) bond motifs is 1. The van der Waals surface area contributed by atoms with E-state index in [4.69, 9.17) is 0 Å². The minimum atomic E-state index is -0.594. The second-order valence-corrected chi connectivity index (χ2v) is 6.16. The summed E-state index contributed by atoms with van der Waals surface area (Å²) in [5, 5.41) is 15.9. The number of aromatic nitrogens is 1. The molecule has 6 nitrogen and oxygen atoms in total. The van der Waals surface area contributed by atoms with Gasteiger partial charge in [-0.15, -0.1) is 0 Å². The molecule has 1 aliphatic rings. The highest BCUT2D eigenvalue weighted by Gasteiger charge is 2.31. The third kappa shape index (κ3) is 3.33.